The molecule has 0 N–H and O–H groups in total. The third-order valence-corrected chi connectivity index (χ3v) is 6.84. The Hall–Kier alpha value is -2.04. The fraction of sp³-hybridized carbons (Fsp3) is 0.636. The molecule has 1 saturated carbocycles. The summed E-state index contributed by atoms with van der Waals surface area (Å²) in [6.07, 6.45) is 5.08. The molecular weight excluding hydrogens is 344 g/mol. The van der Waals surface area contributed by atoms with E-state index < -0.39 is 12.2 Å². The molecule has 5 heteroatoms. The minimum Gasteiger partial charge on any atom is -0.469 e. The summed E-state index contributed by atoms with van der Waals surface area (Å²) in [6, 6.07) is 0. The van der Waals surface area contributed by atoms with E-state index in [9.17, 15) is 9.59 Å². The number of ether oxygens (including phenoxy) is 2. The molecular formula is C22H30O5. The van der Waals surface area contributed by atoms with Crippen LogP contribution < -0.4 is 0 Å². The SMILES string of the molecule is C/C=C(/C)C(=O)O[C@H]1[C@@H](OC(C)=O)C[C@@H]2Cc3occ(C)c3C[C@@]2(C)[C@H]1C. The highest BCUT2D eigenvalue weighted by molar-refractivity contribution is 5.87. The van der Waals surface area contributed by atoms with Crippen LogP contribution in [0.25, 0.3) is 0 Å². The van der Waals surface area contributed by atoms with Crippen molar-refractivity contribution in [2.75, 3.05) is 0 Å². The lowest BCUT2D eigenvalue weighted by Crippen LogP contribution is -2.56. The van der Waals surface area contributed by atoms with Crippen LogP contribution in [0.4, 0.5) is 0 Å². The number of hydrogen-bond donors (Lipinski definition) is 0. The van der Waals surface area contributed by atoms with E-state index >= 15 is 0 Å². The molecule has 1 aromatic heterocycles. The lowest BCUT2D eigenvalue weighted by atomic mass is 9.54. The van der Waals surface area contributed by atoms with E-state index in [4.69, 9.17) is 13.9 Å². The van der Waals surface area contributed by atoms with Crippen LogP contribution in [0, 0.1) is 24.2 Å². The Kier molecular flexibility index (Phi) is 5.24. The first kappa shape index (κ1) is 19.7. The zero-order valence-electron chi connectivity index (χ0n) is 17.1. The molecule has 0 saturated heterocycles. The maximum absolute atomic E-state index is 12.4. The first-order chi connectivity index (χ1) is 12.7. The normalized spacial score (nSPS) is 33.0. The predicted molar refractivity (Wildman–Crippen MR) is 101 cm³/mol. The number of carbonyl (C=O) groups excluding carboxylic acids is 2. The van der Waals surface area contributed by atoms with Gasteiger partial charge in [-0.15, -0.1) is 0 Å². The number of aryl methyl sites for hydroxylation is 1. The van der Waals surface area contributed by atoms with Gasteiger partial charge in [-0.2, -0.15) is 0 Å². The van der Waals surface area contributed by atoms with E-state index in [0.717, 1.165) is 18.6 Å². The van der Waals surface area contributed by atoms with E-state index in [1.807, 2.05) is 13.2 Å². The average molecular weight is 374 g/mol. The van der Waals surface area contributed by atoms with Crippen LogP contribution in [0.3, 0.4) is 0 Å². The number of carbonyl (C=O) groups is 2. The van der Waals surface area contributed by atoms with E-state index in [-0.39, 0.29) is 23.3 Å². The number of fused-ring (bicyclic) bond motifs is 2. The van der Waals surface area contributed by atoms with Crippen LogP contribution in [0.2, 0.25) is 0 Å². The first-order valence-electron chi connectivity index (χ1n) is 9.74. The second-order valence-corrected chi connectivity index (χ2v) is 8.42. The van der Waals surface area contributed by atoms with Crippen LogP contribution in [0.1, 0.15) is 57.9 Å². The summed E-state index contributed by atoms with van der Waals surface area (Å²) in [5, 5.41) is 0. The van der Waals surface area contributed by atoms with Gasteiger partial charge in [0.25, 0.3) is 0 Å². The third kappa shape index (κ3) is 3.44. The monoisotopic (exact) mass is 374 g/mol. The van der Waals surface area contributed by atoms with E-state index in [2.05, 4.69) is 20.8 Å². The summed E-state index contributed by atoms with van der Waals surface area (Å²) in [6.45, 7) is 11.4. The summed E-state index contributed by atoms with van der Waals surface area (Å²) < 4.78 is 17.3. The van der Waals surface area contributed by atoms with Crippen molar-refractivity contribution in [2.45, 2.75) is 73.0 Å². The molecule has 1 heterocycles. The van der Waals surface area contributed by atoms with Gasteiger partial charge < -0.3 is 13.9 Å². The smallest absolute Gasteiger partial charge is 0.333 e. The van der Waals surface area contributed by atoms with Gasteiger partial charge >= 0.3 is 11.9 Å². The molecule has 5 nitrogen and oxygen atoms in total. The number of hydrogen-bond acceptors (Lipinski definition) is 5. The number of allylic oxidation sites excluding steroid dienone is 1. The summed E-state index contributed by atoms with van der Waals surface area (Å²) in [7, 11) is 0. The molecule has 0 spiro atoms. The molecule has 1 fully saturated rings. The van der Waals surface area contributed by atoms with Crippen molar-refractivity contribution < 1.29 is 23.5 Å². The largest absolute Gasteiger partial charge is 0.469 e. The van der Waals surface area contributed by atoms with Crippen LogP contribution in [0.15, 0.2) is 22.3 Å². The minimum atomic E-state index is -0.452. The lowest BCUT2D eigenvalue weighted by Gasteiger charge is -2.53. The second kappa shape index (κ2) is 7.17. The fourth-order valence-electron chi connectivity index (χ4n) is 4.75. The molecule has 0 radical (unpaired) electrons. The van der Waals surface area contributed by atoms with Crippen molar-refractivity contribution in [3.63, 3.8) is 0 Å². The van der Waals surface area contributed by atoms with Gasteiger partial charge in [0, 0.05) is 24.8 Å². The van der Waals surface area contributed by atoms with Crippen molar-refractivity contribution in [1.29, 1.82) is 0 Å². The quantitative estimate of drug-likeness (QED) is 0.587. The highest BCUT2D eigenvalue weighted by Crippen LogP contribution is 2.54. The maximum atomic E-state index is 12.4. The predicted octanol–water partition coefficient (Wildman–Crippen LogP) is 4.16. The van der Waals surface area contributed by atoms with Gasteiger partial charge in [-0.05, 0) is 56.1 Å². The Bertz CT molecular complexity index is 774. The van der Waals surface area contributed by atoms with Crippen molar-refractivity contribution >= 4 is 11.9 Å². The lowest BCUT2D eigenvalue weighted by molar-refractivity contribution is -0.189. The highest BCUT2D eigenvalue weighted by atomic mass is 16.6. The molecule has 148 valence electrons. The Morgan fingerprint density at radius 1 is 1.30 bits per heavy atom. The van der Waals surface area contributed by atoms with Crippen molar-refractivity contribution in [1.82, 2.24) is 0 Å². The Balaban J connectivity index is 1.94. The topological polar surface area (TPSA) is 65.7 Å². The van der Waals surface area contributed by atoms with E-state index in [1.54, 1.807) is 13.0 Å². The zero-order valence-corrected chi connectivity index (χ0v) is 17.1. The van der Waals surface area contributed by atoms with Gasteiger partial charge in [0.15, 0.2) is 0 Å². The van der Waals surface area contributed by atoms with Gasteiger partial charge in [-0.25, -0.2) is 4.79 Å². The van der Waals surface area contributed by atoms with Crippen LogP contribution in [0.5, 0.6) is 0 Å². The van der Waals surface area contributed by atoms with Crippen LogP contribution >= 0.6 is 0 Å². The zero-order chi connectivity index (χ0) is 19.9. The second-order valence-electron chi connectivity index (χ2n) is 8.42. The standard InChI is InChI=1S/C22H30O5/c1-7-12(2)21(24)27-20-14(4)22(6)10-17-13(3)11-25-18(17)8-16(22)9-19(20)26-15(5)23/h7,11,14,16,19-20H,8-10H2,1-6H3/b12-7-/t14-,16-,19-,20+,22-/m0/s1. The van der Waals surface area contributed by atoms with Crippen LogP contribution in [-0.4, -0.2) is 24.1 Å². The summed E-state index contributed by atoms with van der Waals surface area (Å²) in [5.41, 5.74) is 2.97. The maximum Gasteiger partial charge on any atom is 0.333 e. The van der Waals surface area contributed by atoms with E-state index in [0.29, 0.717) is 17.9 Å². The molecule has 3 rings (SSSR count). The van der Waals surface area contributed by atoms with Crippen molar-refractivity contribution in [2.24, 2.45) is 17.3 Å². The first-order valence-corrected chi connectivity index (χ1v) is 9.74. The number of furan rings is 1. The molecule has 27 heavy (non-hydrogen) atoms. The Labute approximate surface area is 161 Å². The summed E-state index contributed by atoms with van der Waals surface area (Å²) >= 11 is 0. The molecule has 0 bridgehead atoms. The molecule has 2 aliphatic rings. The molecule has 5 atom stereocenters. The number of esters is 2. The molecule has 0 amide bonds. The van der Waals surface area contributed by atoms with Crippen molar-refractivity contribution in [3.05, 3.63) is 34.8 Å². The summed E-state index contributed by atoms with van der Waals surface area (Å²) in [5.74, 6) is 0.725. The molecule has 2 aliphatic carbocycles. The van der Waals surface area contributed by atoms with Gasteiger partial charge in [-0.1, -0.05) is 19.9 Å². The Morgan fingerprint density at radius 3 is 2.63 bits per heavy atom. The Morgan fingerprint density at radius 2 is 2.00 bits per heavy atom. The van der Waals surface area contributed by atoms with Gasteiger partial charge in [0.1, 0.15) is 18.0 Å². The number of rotatable bonds is 3. The average Bonchev–Trinajstić information content (AvgIpc) is 2.96. The highest BCUT2D eigenvalue weighted by Gasteiger charge is 2.55. The van der Waals surface area contributed by atoms with Gasteiger partial charge in [0.05, 0.1) is 6.26 Å². The van der Waals surface area contributed by atoms with E-state index in [1.165, 1.54) is 18.1 Å². The third-order valence-electron chi connectivity index (χ3n) is 6.84. The molecule has 0 aliphatic heterocycles. The van der Waals surface area contributed by atoms with Gasteiger partial charge in [-0.3, -0.25) is 4.79 Å². The molecule has 0 unspecified atom stereocenters. The van der Waals surface area contributed by atoms with Crippen LogP contribution in [-0.2, 0) is 31.9 Å². The minimum absolute atomic E-state index is 0.0485. The molecule has 1 aromatic rings. The fourth-order valence-corrected chi connectivity index (χ4v) is 4.75. The summed E-state index contributed by atoms with van der Waals surface area (Å²) in [4.78, 5) is 24.1. The van der Waals surface area contributed by atoms with Gasteiger partial charge in [0.2, 0.25) is 0 Å². The van der Waals surface area contributed by atoms with Crippen molar-refractivity contribution in [3.8, 4) is 0 Å². The molecule has 0 aromatic carbocycles.